The molecule has 4 N–H and O–H groups in total. The lowest BCUT2D eigenvalue weighted by atomic mass is 9.45. The van der Waals surface area contributed by atoms with E-state index in [-0.39, 0.29) is 36.4 Å². The number of hydrogen-bond acceptors (Lipinski definition) is 9. The molecular weight excluding hydrogens is 695 g/mol. The molecule has 0 aromatic heterocycles. The number of benzene rings is 3. The molecule has 3 saturated carbocycles. The van der Waals surface area contributed by atoms with Crippen molar-refractivity contribution in [3.8, 4) is 16.9 Å². The van der Waals surface area contributed by atoms with Crippen molar-refractivity contribution in [3.05, 3.63) is 77.4 Å². The Labute approximate surface area is 326 Å². The standard InChI is InChI=1S/C44H61N5O6/c1-26-35-22-32(44(35,3)4)23-36(26)46-43(53)40-39(27(2)51)38(25-50)55-49(40)24-29-14-12-15-34(41(29)54-9)30-19-31(21-33(20-30)47(5)6)42(52)45-18-17-28-13-10-11-16-37(28)48(7)8/h10-16,19-21,26-27,32,35-36,38-40,50-51H,17-18,22-25H2,1-9H3,(H,45,52)(H,46,53)/t26-,27-,32+,35-,36-,38-,39+,40-/m0/s1. The highest BCUT2D eigenvalue weighted by Crippen LogP contribution is 2.61. The third-order valence-corrected chi connectivity index (χ3v) is 12.8. The van der Waals surface area contributed by atoms with Crippen molar-refractivity contribution in [1.29, 1.82) is 0 Å². The number of nitrogens with zero attached hydrogens (tertiary/aromatic N) is 3. The second-order valence-electron chi connectivity index (χ2n) is 16.9. The second kappa shape index (κ2) is 16.5. The van der Waals surface area contributed by atoms with Gasteiger partial charge in [-0.3, -0.25) is 14.4 Å². The van der Waals surface area contributed by atoms with E-state index in [1.807, 2.05) is 81.6 Å². The Morgan fingerprint density at radius 2 is 1.75 bits per heavy atom. The molecule has 298 valence electrons. The van der Waals surface area contributed by atoms with Gasteiger partial charge in [0.05, 0.1) is 26.4 Å². The van der Waals surface area contributed by atoms with Crippen LogP contribution in [-0.2, 0) is 22.6 Å². The molecule has 1 aliphatic heterocycles. The average molecular weight is 756 g/mol. The molecule has 0 spiro atoms. The Balaban J connectivity index is 1.25. The lowest BCUT2D eigenvalue weighted by Crippen LogP contribution is -2.62. The summed E-state index contributed by atoms with van der Waals surface area (Å²) < 4.78 is 6.08. The first-order valence-corrected chi connectivity index (χ1v) is 19.7. The fourth-order valence-corrected chi connectivity index (χ4v) is 9.56. The number of fused-ring (bicyclic) bond motifs is 2. The average Bonchev–Trinajstić information content (AvgIpc) is 3.53. The Morgan fingerprint density at radius 3 is 2.38 bits per heavy atom. The van der Waals surface area contributed by atoms with Gasteiger partial charge < -0.3 is 35.4 Å². The molecule has 0 unspecified atom stereocenters. The van der Waals surface area contributed by atoms with Crippen molar-refractivity contribution in [2.45, 2.75) is 77.8 Å². The minimum atomic E-state index is -0.900. The van der Waals surface area contributed by atoms with Gasteiger partial charge >= 0.3 is 0 Å². The lowest BCUT2D eigenvalue weighted by molar-refractivity contribution is -0.183. The van der Waals surface area contributed by atoms with Gasteiger partial charge in [-0.2, -0.15) is 5.06 Å². The molecule has 4 aliphatic rings. The number of hydrogen-bond donors (Lipinski definition) is 4. The van der Waals surface area contributed by atoms with Crippen LogP contribution in [0.3, 0.4) is 0 Å². The van der Waals surface area contributed by atoms with E-state index in [4.69, 9.17) is 9.57 Å². The molecule has 11 heteroatoms. The minimum absolute atomic E-state index is 0.0380. The maximum atomic E-state index is 14.3. The first kappa shape index (κ1) is 40.5. The van der Waals surface area contributed by atoms with Gasteiger partial charge in [-0.15, -0.1) is 0 Å². The molecule has 2 bridgehead atoms. The highest BCUT2D eigenvalue weighted by molar-refractivity contribution is 5.97. The Hall–Kier alpha value is -4.16. The summed E-state index contributed by atoms with van der Waals surface area (Å²) >= 11 is 0. The number of anilines is 2. The van der Waals surface area contributed by atoms with Crippen LogP contribution in [0.15, 0.2) is 60.7 Å². The number of nitrogens with one attached hydrogen (secondary N) is 2. The van der Waals surface area contributed by atoms with E-state index in [1.165, 1.54) is 6.42 Å². The second-order valence-corrected chi connectivity index (χ2v) is 16.9. The molecule has 11 nitrogen and oxygen atoms in total. The van der Waals surface area contributed by atoms with Gasteiger partial charge in [-0.1, -0.05) is 57.2 Å². The van der Waals surface area contributed by atoms with Gasteiger partial charge in [0.15, 0.2) is 0 Å². The number of aliphatic hydroxyl groups is 2. The fourth-order valence-electron chi connectivity index (χ4n) is 9.56. The van der Waals surface area contributed by atoms with Gasteiger partial charge in [-0.25, -0.2) is 0 Å². The number of methoxy groups -OCH3 is 1. The smallest absolute Gasteiger partial charge is 0.251 e. The first-order chi connectivity index (χ1) is 26.2. The van der Waals surface area contributed by atoms with Crippen molar-refractivity contribution < 1.29 is 29.4 Å². The molecule has 3 aromatic carbocycles. The van der Waals surface area contributed by atoms with Gasteiger partial charge in [0.25, 0.3) is 5.91 Å². The van der Waals surface area contributed by atoms with Crippen LogP contribution < -0.4 is 25.2 Å². The lowest BCUT2D eigenvalue weighted by Gasteiger charge is -2.62. The molecule has 4 fully saturated rings. The van der Waals surface area contributed by atoms with Gasteiger partial charge in [-0.05, 0) is 84.7 Å². The SMILES string of the molecule is COc1c(CN2O[C@@H](CO)[C@@H]([C@H](C)O)[C@H]2C(=O)N[C@H]2C[C@H]3C[C@@H]([C@@H]2C)C3(C)C)cccc1-c1cc(C(=O)NCCc2ccccc2N(C)C)cc(N(C)C)c1. The van der Waals surface area contributed by atoms with Gasteiger partial charge in [0.2, 0.25) is 5.91 Å². The monoisotopic (exact) mass is 755 g/mol. The largest absolute Gasteiger partial charge is 0.496 e. The summed E-state index contributed by atoms with van der Waals surface area (Å²) in [5, 5.41) is 29.4. The summed E-state index contributed by atoms with van der Waals surface area (Å²) in [5.41, 5.74) is 6.29. The van der Waals surface area contributed by atoms with E-state index in [1.54, 1.807) is 19.1 Å². The molecule has 2 amide bonds. The van der Waals surface area contributed by atoms with Crippen molar-refractivity contribution in [2.75, 3.05) is 58.3 Å². The Morgan fingerprint density at radius 1 is 1.02 bits per heavy atom. The number of hydroxylamine groups is 2. The van der Waals surface area contributed by atoms with E-state index in [2.05, 4.69) is 48.4 Å². The van der Waals surface area contributed by atoms with Crippen molar-refractivity contribution in [1.82, 2.24) is 15.7 Å². The maximum absolute atomic E-state index is 14.3. The van der Waals surface area contributed by atoms with Crippen LogP contribution in [0.2, 0.25) is 0 Å². The zero-order valence-corrected chi connectivity index (χ0v) is 34.0. The number of amides is 2. The maximum Gasteiger partial charge on any atom is 0.251 e. The van der Waals surface area contributed by atoms with Crippen LogP contribution in [0, 0.1) is 29.1 Å². The molecule has 1 saturated heterocycles. The number of carbonyl (C=O) groups is 2. The number of rotatable bonds is 14. The van der Waals surface area contributed by atoms with Crippen LogP contribution in [0.1, 0.15) is 62.0 Å². The number of aliphatic hydroxyl groups excluding tert-OH is 2. The third-order valence-electron chi connectivity index (χ3n) is 12.8. The van der Waals surface area contributed by atoms with Crippen LogP contribution in [-0.4, -0.2) is 99.8 Å². The molecular formula is C44H61N5O6. The van der Waals surface area contributed by atoms with Crippen molar-refractivity contribution in [2.24, 2.45) is 29.1 Å². The highest BCUT2D eigenvalue weighted by atomic mass is 16.7. The van der Waals surface area contributed by atoms with E-state index < -0.39 is 24.2 Å². The molecule has 3 aromatic rings. The Bertz CT molecular complexity index is 1840. The molecule has 0 radical (unpaired) electrons. The number of carbonyl (C=O) groups excluding carboxylic acids is 2. The summed E-state index contributed by atoms with van der Waals surface area (Å²) in [7, 11) is 9.52. The Kier molecular flexibility index (Phi) is 12.2. The zero-order valence-electron chi connectivity index (χ0n) is 34.0. The fraction of sp³-hybridized carbons (Fsp3) is 0.545. The molecule has 3 aliphatic carbocycles. The van der Waals surface area contributed by atoms with E-state index in [9.17, 15) is 19.8 Å². The molecule has 7 rings (SSSR count). The van der Waals surface area contributed by atoms with Crippen molar-refractivity contribution in [3.63, 3.8) is 0 Å². The summed E-state index contributed by atoms with van der Waals surface area (Å²) in [5.74, 6) is 1.03. The van der Waals surface area contributed by atoms with E-state index in [0.717, 1.165) is 40.0 Å². The summed E-state index contributed by atoms with van der Waals surface area (Å²) in [4.78, 5) is 38.2. The topological polar surface area (TPSA) is 127 Å². The van der Waals surface area contributed by atoms with Crippen LogP contribution in [0.5, 0.6) is 5.75 Å². The summed E-state index contributed by atoms with van der Waals surface area (Å²) in [6, 6.07) is 19.0. The van der Waals surface area contributed by atoms with Crippen molar-refractivity contribution >= 4 is 23.2 Å². The summed E-state index contributed by atoms with van der Waals surface area (Å²) in [6.07, 6.45) is 1.17. The van der Waals surface area contributed by atoms with Crippen LogP contribution in [0.25, 0.3) is 11.1 Å². The minimum Gasteiger partial charge on any atom is -0.496 e. The molecule has 55 heavy (non-hydrogen) atoms. The van der Waals surface area contributed by atoms with E-state index >= 15 is 0 Å². The number of ether oxygens (including phenoxy) is 1. The zero-order chi connectivity index (χ0) is 39.8. The van der Waals surface area contributed by atoms with E-state index in [0.29, 0.717) is 42.0 Å². The molecule has 1 heterocycles. The molecule has 8 atom stereocenters. The predicted octanol–water partition coefficient (Wildman–Crippen LogP) is 5.13. The van der Waals surface area contributed by atoms with Gasteiger partial charge in [0, 0.05) is 74.8 Å². The quantitative estimate of drug-likeness (QED) is 0.177. The van der Waals surface area contributed by atoms with Crippen LogP contribution >= 0.6 is 0 Å². The first-order valence-electron chi connectivity index (χ1n) is 19.7. The summed E-state index contributed by atoms with van der Waals surface area (Å²) in [6.45, 7) is 8.87. The highest BCUT2D eigenvalue weighted by Gasteiger charge is 2.57. The van der Waals surface area contributed by atoms with Crippen LogP contribution in [0.4, 0.5) is 11.4 Å². The third kappa shape index (κ3) is 8.08. The predicted molar refractivity (Wildman–Crippen MR) is 217 cm³/mol. The number of para-hydroxylation sites is 2. The normalized spacial score (nSPS) is 26.1. The van der Waals surface area contributed by atoms with Gasteiger partial charge in [0.1, 0.15) is 17.9 Å².